The van der Waals surface area contributed by atoms with E-state index < -0.39 is 0 Å². The highest BCUT2D eigenvalue weighted by Gasteiger charge is 2.15. The van der Waals surface area contributed by atoms with Crippen LogP contribution in [0.25, 0.3) is 0 Å². The summed E-state index contributed by atoms with van der Waals surface area (Å²) in [6.07, 6.45) is 0. The summed E-state index contributed by atoms with van der Waals surface area (Å²) in [4.78, 5) is 16.0. The second kappa shape index (κ2) is 4.30. The number of nitrogens with one attached hydrogen (secondary N) is 1. The number of ether oxygens (including phenoxy) is 2. The van der Waals surface area contributed by atoms with E-state index >= 15 is 0 Å². The Morgan fingerprint density at radius 2 is 2.22 bits per heavy atom. The van der Waals surface area contributed by atoms with E-state index in [0.717, 1.165) is 5.01 Å². The van der Waals surface area contributed by atoms with Gasteiger partial charge in [-0.2, -0.15) is 0 Å². The molecule has 1 aliphatic rings. The molecule has 2 aromatic rings. The maximum absolute atomic E-state index is 11.9. The quantitative estimate of drug-likeness (QED) is 0.903. The first-order chi connectivity index (χ1) is 8.72. The molecule has 1 amide bonds. The fourth-order valence-electron chi connectivity index (χ4n) is 1.64. The minimum atomic E-state index is -0.224. The van der Waals surface area contributed by atoms with Crippen molar-refractivity contribution in [1.29, 1.82) is 0 Å². The highest BCUT2D eigenvalue weighted by molar-refractivity contribution is 7.09. The number of hydrogen-bond acceptors (Lipinski definition) is 5. The van der Waals surface area contributed by atoms with Gasteiger partial charge in [0, 0.05) is 17.1 Å². The molecule has 5 nitrogen and oxygen atoms in total. The number of fused-ring (bicyclic) bond motifs is 1. The summed E-state index contributed by atoms with van der Waals surface area (Å²) in [7, 11) is 0. The van der Waals surface area contributed by atoms with Crippen molar-refractivity contribution >= 4 is 22.9 Å². The molecule has 0 fully saturated rings. The largest absolute Gasteiger partial charge is 0.454 e. The minimum Gasteiger partial charge on any atom is -0.454 e. The van der Waals surface area contributed by atoms with Crippen molar-refractivity contribution in [3.8, 4) is 11.5 Å². The predicted octanol–water partition coefficient (Wildman–Crippen LogP) is 2.43. The van der Waals surface area contributed by atoms with E-state index in [1.807, 2.05) is 6.92 Å². The third-order valence-electron chi connectivity index (χ3n) is 2.48. The monoisotopic (exact) mass is 262 g/mol. The zero-order chi connectivity index (χ0) is 12.5. The molecule has 0 radical (unpaired) electrons. The van der Waals surface area contributed by atoms with Crippen molar-refractivity contribution in [1.82, 2.24) is 4.98 Å². The number of hydrogen-bond donors (Lipinski definition) is 1. The van der Waals surface area contributed by atoms with Crippen LogP contribution in [0.1, 0.15) is 15.5 Å². The third-order valence-corrected chi connectivity index (χ3v) is 3.26. The van der Waals surface area contributed by atoms with Gasteiger partial charge in [-0.25, -0.2) is 4.98 Å². The van der Waals surface area contributed by atoms with E-state index in [4.69, 9.17) is 9.47 Å². The number of nitrogens with zero attached hydrogens (tertiary/aromatic N) is 1. The maximum Gasteiger partial charge on any atom is 0.275 e. The fourth-order valence-corrected chi connectivity index (χ4v) is 2.23. The van der Waals surface area contributed by atoms with Crippen molar-refractivity contribution in [3.63, 3.8) is 0 Å². The lowest BCUT2D eigenvalue weighted by atomic mass is 10.2. The van der Waals surface area contributed by atoms with Crippen LogP contribution in [0.4, 0.5) is 5.69 Å². The molecule has 0 spiro atoms. The second-order valence-electron chi connectivity index (χ2n) is 3.77. The van der Waals surface area contributed by atoms with Crippen molar-refractivity contribution in [2.75, 3.05) is 12.1 Å². The van der Waals surface area contributed by atoms with Crippen LogP contribution in [0, 0.1) is 6.92 Å². The van der Waals surface area contributed by atoms with Crippen molar-refractivity contribution in [3.05, 3.63) is 34.3 Å². The Balaban J connectivity index is 1.78. The summed E-state index contributed by atoms with van der Waals surface area (Å²) in [5.41, 5.74) is 1.09. The van der Waals surface area contributed by atoms with Gasteiger partial charge >= 0.3 is 0 Å². The molecule has 0 bridgehead atoms. The first-order valence-electron chi connectivity index (χ1n) is 5.35. The Bertz CT molecular complexity index is 609. The van der Waals surface area contributed by atoms with Gasteiger partial charge in [0.25, 0.3) is 5.91 Å². The van der Waals surface area contributed by atoms with Gasteiger partial charge in [0.2, 0.25) is 6.79 Å². The molecule has 0 atom stereocenters. The molecule has 92 valence electrons. The van der Waals surface area contributed by atoms with Gasteiger partial charge in [-0.15, -0.1) is 11.3 Å². The number of anilines is 1. The first-order valence-corrected chi connectivity index (χ1v) is 6.23. The highest BCUT2D eigenvalue weighted by atomic mass is 32.1. The Kier molecular flexibility index (Phi) is 2.64. The highest BCUT2D eigenvalue weighted by Crippen LogP contribution is 2.34. The van der Waals surface area contributed by atoms with Gasteiger partial charge in [-0.1, -0.05) is 0 Å². The first kappa shape index (κ1) is 11.0. The van der Waals surface area contributed by atoms with E-state index in [0.29, 0.717) is 22.9 Å². The summed E-state index contributed by atoms with van der Waals surface area (Å²) in [5, 5.41) is 5.37. The molecular weight excluding hydrogens is 252 g/mol. The molecule has 0 aliphatic carbocycles. The average molecular weight is 262 g/mol. The summed E-state index contributed by atoms with van der Waals surface area (Å²) < 4.78 is 10.4. The van der Waals surface area contributed by atoms with E-state index in [1.165, 1.54) is 11.3 Å². The number of carbonyl (C=O) groups is 1. The summed E-state index contributed by atoms with van der Waals surface area (Å²) in [5.74, 6) is 1.11. The summed E-state index contributed by atoms with van der Waals surface area (Å²) >= 11 is 1.45. The number of aromatic nitrogens is 1. The predicted molar refractivity (Wildman–Crippen MR) is 67.4 cm³/mol. The smallest absolute Gasteiger partial charge is 0.275 e. The SMILES string of the molecule is Cc1nc(C(=O)Nc2ccc3c(c2)OCO3)cs1. The topological polar surface area (TPSA) is 60.5 Å². The van der Waals surface area contributed by atoms with Gasteiger partial charge < -0.3 is 14.8 Å². The molecule has 0 unspecified atom stereocenters. The number of benzene rings is 1. The van der Waals surface area contributed by atoms with Crippen molar-refractivity contribution in [2.24, 2.45) is 0 Å². The van der Waals surface area contributed by atoms with E-state index in [9.17, 15) is 4.79 Å². The van der Waals surface area contributed by atoms with Gasteiger partial charge in [-0.3, -0.25) is 4.79 Å². The van der Waals surface area contributed by atoms with Crippen LogP contribution < -0.4 is 14.8 Å². The van der Waals surface area contributed by atoms with Crippen LogP contribution >= 0.6 is 11.3 Å². The minimum absolute atomic E-state index is 0.220. The third kappa shape index (κ3) is 2.02. The zero-order valence-electron chi connectivity index (χ0n) is 9.60. The molecule has 1 aliphatic heterocycles. The van der Waals surface area contributed by atoms with E-state index in [2.05, 4.69) is 10.3 Å². The summed E-state index contributed by atoms with van der Waals surface area (Å²) in [6.45, 7) is 2.08. The number of amides is 1. The lowest BCUT2D eigenvalue weighted by Gasteiger charge is -2.04. The number of carbonyl (C=O) groups excluding carboxylic acids is 1. The molecule has 2 heterocycles. The van der Waals surface area contributed by atoms with Crippen LogP contribution in [-0.4, -0.2) is 17.7 Å². The molecule has 1 N–H and O–H groups in total. The zero-order valence-corrected chi connectivity index (χ0v) is 10.4. The van der Waals surface area contributed by atoms with Gasteiger partial charge in [0.05, 0.1) is 5.01 Å². The van der Waals surface area contributed by atoms with Crippen molar-refractivity contribution in [2.45, 2.75) is 6.92 Å². The molecule has 0 saturated carbocycles. The van der Waals surface area contributed by atoms with Crippen LogP contribution in [-0.2, 0) is 0 Å². The molecule has 1 aromatic carbocycles. The van der Waals surface area contributed by atoms with Gasteiger partial charge in [-0.05, 0) is 19.1 Å². The van der Waals surface area contributed by atoms with E-state index in [1.54, 1.807) is 23.6 Å². The van der Waals surface area contributed by atoms with Crippen LogP contribution in [0.2, 0.25) is 0 Å². The Morgan fingerprint density at radius 1 is 1.39 bits per heavy atom. The Hall–Kier alpha value is -2.08. The Morgan fingerprint density at radius 3 is 3.00 bits per heavy atom. The standard InChI is InChI=1S/C12H10N2O3S/c1-7-13-9(5-18-7)12(15)14-8-2-3-10-11(4-8)17-6-16-10/h2-5H,6H2,1H3,(H,14,15). The van der Waals surface area contributed by atoms with Gasteiger partial charge in [0.15, 0.2) is 11.5 Å². The molecule has 3 rings (SSSR count). The van der Waals surface area contributed by atoms with Crippen LogP contribution in [0.5, 0.6) is 11.5 Å². The van der Waals surface area contributed by atoms with Gasteiger partial charge in [0.1, 0.15) is 5.69 Å². The molecule has 6 heteroatoms. The Labute approximate surface area is 107 Å². The summed E-state index contributed by atoms with van der Waals surface area (Å²) in [6, 6.07) is 5.27. The normalized spacial score (nSPS) is 12.5. The fraction of sp³-hybridized carbons (Fsp3) is 0.167. The average Bonchev–Trinajstić information content (AvgIpc) is 2.96. The van der Waals surface area contributed by atoms with E-state index in [-0.39, 0.29) is 12.7 Å². The number of aryl methyl sites for hydroxylation is 1. The van der Waals surface area contributed by atoms with Crippen LogP contribution in [0.15, 0.2) is 23.6 Å². The second-order valence-corrected chi connectivity index (χ2v) is 4.84. The number of thiazole rings is 1. The molecule has 0 saturated heterocycles. The van der Waals surface area contributed by atoms with Crippen LogP contribution in [0.3, 0.4) is 0 Å². The number of rotatable bonds is 2. The lowest BCUT2D eigenvalue weighted by molar-refractivity contribution is 0.102. The molecule has 18 heavy (non-hydrogen) atoms. The lowest BCUT2D eigenvalue weighted by Crippen LogP contribution is -2.12. The molecule has 1 aromatic heterocycles. The van der Waals surface area contributed by atoms with Crippen molar-refractivity contribution < 1.29 is 14.3 Å². The maximum atomic E-state index is 11.9. The molecular formula is C12H10N2O3S.